The first-order valence-electron chi connectivity index (χ1n) is 3.75. The standard InChI is InChI=1S/C8H7BrN2OS/c1-5-2-3-6(13-5)8-10-7(4-9)11-12-8/h2-3H,4H2,1H3. The van der Waals surface area contributed by atoms with Gasteiger partial charge < -0.3 is 4.52 Å². The van der Waals surface area contributed by atoms with Gasteiger partial charge in [-0.3, -0.25) is 0 Å². The molecule has 2 heterocycles. The number of rotatable bonds is 2. The second-order valence-corrected chi connectivity index (χ2v) is 4.41. The number of hydrogen-bond donors (Lipinski definition) is 0. The third-order valence-electron chi connectivity index (χ3n) is 1.54. The molecule has 2 rings (SSSR count). The Labute approximate surface area is 87.9 Å². The minimum Gasteiger partial charge on any atom is -0.333 e. The molecule has 0 saturated heterocycles. The maximum atomic E-state index is 5.07. The van der Waals surface area contributed by atoms with Crippen LogP contribution in [0.15, 0.2) is 16.7 Å². The molecule has 0 amide bonds. The molecule has 2 aromatic heterocycles. The van der Waals surface area contributed by atoms with Crippen LogP contribution in [0.4, 0.5) is 0 Å². The van der Waals surface area contributed by atoms with Gasteiger partial charge in [0.05, 0.1) is 10.2 Å². The average molecular weight is 259 g/mol. The Morgan fingerprint density at radius 2 is 2.38 bits per heavy atom. The molecule has 3 nitrogen and oxygen atoms in total. The van der Waals surface area contributed by atoms with Gasteiger partial charge in [0.2, 0.25) is 0 Å². The molecular weight excluding hydrogens is 252 g/mol. The van der Waals surface area contributed by atoms with Crippen LogP contribution < -0.4 is 0 Å². The van der Waals surface area contributed by atoms with Crippen LogP contribution in [-0.4, -0.2) is 10.1 Å². The van der Waals surface area contributed by atoms with E-state index < -0.39 is 0 Å². The van der Waals surface area contributed by atoms with Crippen LogP contribution in [0.1, 0.15) is 10.7 Å². The van der Waals surface area contributed by atoms with Crippen molar-refractivity contribution in [2.75, 3.05) is 0 Å². The number of aromatic nitrogens is 2. The van der Waals surface area contributed by atoms with Crippen molar-refractivity contribution in [1.29, 1.82) is 0 Å². The molecule has 0 aliphatic heterocycles. The largest absolute Gasteiger partial charge is 0.333 e. The lowest BCUT2D eigenvalue weighted by Gasteiger charge is -1.82. The Balaban J connectivity index is 2.35. The van der Waals surface area contributed by atoms with E-state index in [0.29, 0.717) is 17.0 Å². The summed E-state index contributed by atoms with van der Waals surface area (Å²) in [6, 6.07) is 4.03. The molecule has 0 aliphatic rings. The SMILES string of the molecule is Cc1ccc(-c2nc(CBr)no2)s1. The second kappa shape index (κ2) is 3.59. The van der Waals surface area contributed by atoms with Gasteiger partial charge in [0.1, 0.15) is 0 Å². The van der Waals surface area contributed by atoms with Crippen molar-refractivity contribution >= 4 is 27.3 Å². The summed E-state index contributed by atoms with van der Waals surface area (Å²) < 4.78 is 5.07. The van der Waals surface area contributed by atoms with Crippen LogP contribution in [-0.2, 0) is 5.33 Å². The van der Waals surface area contributed by atoms with Gasteiger partial charge in [-0.1, -0.05) is 21.1 Å². The molecule has 0 unspecified atom stereocenters. The summed E-state index contributed by atoms with van der Waals surface area (Å²) >= 11 is 4.92. The number of nitrogens with zero attached hydrogens (tertiary/aromatic N) is 2. The summed E-state index contributed by atoms with van der Waals surface area (Å²) in [6.07, 6.45) is 0. The summed E-state index contributed by atoms with van der Waals surface area (Å²) in [6.45, 7) is 2.05. The van der Waals surface area contributed by atoms with Crippen LogP contribution in [0.2, 0.25) is 0 Å². The van der Waals surface area contributed by atoms with Gasteiger partial charge in [-0.25, -0.2) is 0 Å². The molecule has 13 heavy (non-hydrogen) atoms. The predicted octanol–water partition coefficient (Wildman–Crippen LogP) is 3.00. The molecule has 0 N–H and O–H groups in total. The van der Waals surface area contributed by atoms with Gasteiger partial charge in [-0.05, 0) is 19.1 Å². The first-order chi connectivity index (χ1) is 6.29. The second-order valence-electron chi connectivity index (χ2n) is 2.56. The minimum absolute atomic E-state index is 0.604. The Morgan fingerprint density at radius 1 is 1.54 bits per heavy atom. The van der Waals surface area contributed by atoms with Crippen molar-refractivity contribution in [3.8, 4) is 10.8 Å². The smallest absolute Gasteiger partial charge is 0.268 e. The molecule has 0 bridgehead atoms. The third-order valence-corrected chi connectivity index (χ3v) is 3.03. The van der Waals surface area contributed by atoms with Crippen LogP contribution in [0, 0.1) is 6.92 Å². The fourth-order valence-corrected chi connectivity index (χ4v) is 1.97. The van der Waals surface area contributed by atoms with E-state index in [4.69, 9.17) is 4.52 Å². The Kier molecular flexibility index (Phi) is 2.46. The molecule has 0 aliphatic carbocycles. The molecule has 0 aromatic carbocycles. The van der Waals surface area contributed by atoms with Gasteiger partial charge in [0.15, 0.2) is 5.82 Å². The van der Waals surface area contributed by atoms with Crippen molar-refractivity contribution in [2.45, 2.75) is 12.3 Å². The maximum absolute atomic E-state index is 5.07. The monoisotopic (exact) mass is 258 g/mol. The normalized spacial score (nSPS) is 10.6. The van der Waals surface area contributed by atoms with Crippen LogP contribution in [0.3, 0.4) is 0 Å². The Morgan fingerprint density at radius 3 is 2.92 bits per heavy atom. The first kappa shape index (κ1) is 8.90. The van der Waals surface area contributed by atoms with Crippen molar-refractivity contribution in [3.63, 3.8) is 0 Å². The summed E-state index contributed by atoms with van der Waals surface area (Å²) in [5, 5.41) is 4.42. The lowest BCUT2D eigenvalue weighted by molar-refractivity contribution is 0.426. The van der Waals surface area contributed by atoms with Gasteiger partial charge >= 0.3 is 0 Å². The first-order valence-corrected chi connectivity index (χ1v) is 5.69. The summed E-state index contributed by atoms with van der Waals surface area (Å²) in [5.41, 5.74) is 0. The lowest BCUT2D eigenvalue weighted by atomic mass is 10.4. The van der Waals surface area contributed by atoms with Crippen molar-refractivity contribution in [2.24, 2.45) is 0 Å². The number of thiophene rings is 1. The number of alkyl halides is 1. The van der Waals surface area contributed by atoms with Gasteiger partial charge in [-0.2, -0.15) is 4.98 Å². The van der Waals surface area contributed by atoms with Crippen LogP contribution >= 0.6 is 27.3 Å². The summed E-state index contributed by atoms with van der Waals surface area (Å²) in [4.78, 5) is 6.47. The van der Waals surface area contributed by atoms with Crippen molar-refractivity contribution in [3.05, 3.63) is 22.8 Å². The van der Waals surface area contributed by atoms with E-state index in [1.54, 1.807) is 11.3 Å². The van der Waals surface area contributed by atoms with Gasteiger partial charge in [0, 0.05) is 4.88 Å². The third kappa shape index (κ3) is 1.81. The summed E-state index contributed by atoms with van der Waals surface area (Å²) in [7, 11) is 0. The zero-order chi connectivity index (χ0) is 9.26. The van der Waals surface area contributed by atoms with Crippen molar-refractivity contribution < 1.29 is 4.52 Å². The highest BCUT2D eigenvalue weighted by Gasteiger charge is 2.08. The van der Waals surface area contributed by atoms with Gasteiger partial charge in [-0.15, -0.1) is 11.3 Å². The van der Waals surface area contributed by atoms with E-state index in [1.165, 1.54) is 4.88 Å². The Hall–Kier alpha value is -0.680. The van der Waals surface area contributed by atoms with E-state index in [9.17, 15) is 0 Å². The molecule has 0 atom stereocenters. The van der Waals surface area contributed by atoms with E-state index in [-0.39, 0.29) is 0 Å². The van der Waals surface area contributed by atoms with Gasteiger partial charge in [0.25, 0.3) is 5.89 Å². The zero-order valence-electron chi connectivity index (χ0n) is 6.95. The quantitative estimate of drug-likeness (QED) is 0.778. The molecule has 68 valence electrons. The molecule has 0 fully saturated rings. The highest BCUT2D eigenvalue weighted by atomic mass is 79.9. The maximum Gasteiger partial charge on any atom is 0.268 e. The summed E-state index contributed by atoms with van der Waals surface area (Å²) in [5.74, 6) is 1.29. The average Bonchev–Trinajstić information content (AvgIpc) is 2.71. The van der Waals surface area contributed by atoms with Crippen LogP contribution in [0.5, 0.6) is 0 Å². The highest BCUT2D eigenvalue weighted by molar-refractivity contribution is 9.08. The molecule has 0 saturated carbocycles. The fraction of sp³-hybridized carbons (Fsp3) is 0.250. The van der Waals surface area contributed by atoms with E-state index >= 15 is 0 Å². The fourth-order valence-electron chi connectivity index (χ4n) is 0.958. The molecule has 2 aromatic rings. The lowest BCUT2D eigenvalue weighted by Crippen LogP contribution is -1.78. The molecular formula is C8H7BrN2OS. The highest BCUT2D eigenvalue weighted by Crippen LogP contribution is 2.26. The van der Waals surface area contributed by atoms with E-state index in [2.05, 4.69) is 33.0 Å². The van der Waals surface area contributed by atoms with E-state index in [1.807, 2.05) is 12.1 Å². The van der Waals surface area contributed by atoms with E-state index in [0.717, 1.165) is 4.88 Å². The number of aryl methyl sites for hydroxylation is 1. The Bertz CT molecular complexity index is 410. The number of halogens is 1. The minimum atomic E-state index is 0.604. The molecule has 0 radical (unpaired) electrons. The number of hydrogen-bond acceptors (Lipinski definition) is 4. The van der Waals surface area contributed by atoms with Crippen molar-refractivity contribution in [1.82, 2.24) is 10.1 Å². The predicted molar refractivity (Wildman–Crippen MR) is 55.0 cm³/mol. The molecule has 5 heteroatoms. The zero-order valence-corrected chi connectivity index (χ0v) is 9.35. The topological polar surface area (TPSA) is 38.9 Å². The molecule has 0 spiro atoms. The van der Waals surface area contributed by atoms with Crippen LogP contribution in [0.25, 0.3) is 10.8 Å².